The molecule has 5 rings (SSSR count). The largest absolute Gasteiger partial charge is 0.378 e. The summed E-state index contributed by atoms with van der Waals surface area (Å²) in [5, 5.41) is 6.15. The first-order valence-corrected chi connectivity index (χ1v) is 12.5. The smallest absolute Gasteiger partial charge is 0.319 e. The van der Waals surface area contributed by atoms with Gasteiger partial charge in [0.1, 0.15) is 6.04 Å². The van der Waals surface area contributed by atoms with Gasteiger partial charge in [-0.15, -0.1) is 0 Å². The van der Waals surface area contributed by atoms with Gasteiger partial charge in [0.15, 0.2) is 0 Å². The van der Waals surface area contributed by atoms with Gasteiger partial charge in [0.05, 0.1) is 25.1 Å². The molecule has 2 aliphatic rings. The van der Waals surface area contributed by atoms with Crippen LogP contribution in [0.1, 0.15) is 12.8 Å². The molecule has 9 heteroatoms. The molecular weight excluding hydrogens is 478 g/mol. The summed E-state index contributed by atoms with van der Waals surface area (Å²) in [6.45, 7) is 3.77. The first-order valence-electron chi connectivity index (χ1n) is 12.1. The fraction of sp³-hybridized carbons (Fsp3) is 0.296. The molecule has 2 fully saturated rings. The van der Waals surface area contributed by atoms with Crippen LogP contribution in [0.2, 0.25) is 5.02 Å². The van der Waals surface area contributed by atoms with E-state index in [1.165, 1.54) is 0 Å². The van der Waals surface area contributed by atoms with E-state index in [9.17, 15) is 9.59 Å². The minimum Gasteiger partial charge on any atom is -0.378 e. The summed E-state index contributed by atoms with van der Waals surface area (Å²) in [6.07, 6.45) is 5.13. The third-order valence-corrected chi connectivity index (χ3v) is 6.71. The maximum atomic E-state index is 13.2. The van der Waals surface area contributed by atoms with Crippen molar-refractivity contribution < 1.29 is 14.3 Å². The van der Waals surface area contributed by atoms with Crippen molar-refractivity contribution in [3.05, 3.63) is 72.0 Å². The van der Waals surface area contributed by atoms with E-state index in [0.717, 1.165) is 55.2 Å². The fourth-order valence-corrected chi connectivity index (χ4v) is 4.66. The summed E-state index contributed by atoms with van der Waals surface area (Å²) >= 11 is 5.89. The third kappa shape index (κ3) is 5.61. The quantitative estimate of drug-likeness (QED) is 0.531. The Hall–Kier alpha value is -3.62. The van der Waals surface area contributed by atoms with Crippen LogP contribution in [-0.4, -0.2) is 55.8 Å². The second-order valence-corrected chi connectivity index (χ2v) is 9.30. The molecule has 2 aromatic carbocycles. The molecule has 3 aromatic rings. The number of nitrogens with one attached hydrogen (secondary N) is 2. The SMILES string of the molecule is O=C(Nc1ccc(Cl)cc1)N[C@@H]1CCCN(c2ccc(-c3cncc(N4CCOCC4)c3)cc2)C1=O. The van der Waals surface area contributed by atoms with E-state index in [1.807, 2.05) is 36.7 Å². The predicted octanol–water partition coefficient (Wildman–Crippen LogP) is 4.56. The van der Waals surface area contributed by atoms with Crippen LogP contribution < -0.4 is 20.4 Å². The number of morpholine rings is 1. The molecule has 2 aliphatic heterocycles. The number of carbonyl (C=O) groups excluding carboxylic acids is 2. The lowest BCUT2D eigenvalue weighted by Gasteiger charge is -2.32. The number of urea groups is 1. The number of ether oxygens (including phenoxy) is 1. The van der Waals surface area contributed by atoms with E-state index in [1.54, 1.807) is 29.2 Å². The first kappa shape index (κ1) is 24.1. The van der Waals surface area contributed by atoms with Gasteiger partial charge in [0.25, 0.3) is 0 Å². The average molecular weight is 506 g/mol. The zero-order chi connectivity index (χ0) is 24.9. The van der Waals surface area contributed by atoms with Crippen LogP contribution in [0.25, 0.3) is 11.1 Å². The van der Waals surface area contributed by atoms with E-state index in [2.05, 4.69) is 26.6 Å². The Labute approximate surface area is 215 Å². The van der Waals surface area contributed by atoms with Crippen molar-refractivity contribution >= 4 is 40.6 Å². The molecule has 0 radical (unpaired) electrons. The molecule has 1 aromatic heterocycles. The lowest BCUT2D eigenvalue weighted by Crippen LogP contribution is -2.53. The molecule has 2 N–H and O–H groups in total. The number of pyridine rings is 1. The molecule has 0 bridgehead atoms. The predicted molar refractivity (Wildman–Crippen MR) is 142 cm³/mol. The number of halogens is 1. The maximum absolute atomic E-state index is 13.2. The molecule has 3 amide bonds. The van der Waals surface area contributed by atoms with E-state index >= 15 is 0 Å². The van der Waals surface area contributed by atoms with E-state index in [0.29, 0.717) is 23.7 Å². The number of hydrogen-bond donors (Lipinski definition) is 2. The van der Waals surface area contributed by atoms with Crippen molar-refractivity contribution in [2.24, 2.45) is 0 Å². The van der Waals surface area contributed by atoms with Crippen molar-refractivity contribution in [1.82, 2.24) is 10.3 Å². The lowest BCUT2D eigenvalue weighted by molar-refractivity contribution is -0.121. The molecule has 0 aliphatic carbocycles. The van der Waals surface area contributed by atoms with E-state index < -0.39 is 12.1 Å². The number of hydrogen-bond acceptors (Lipinski definition) is 5. The highest BCUT2D eigenvalue weighted by atomic mass is 35.5. The van der Waals surface area contributed by atoms with Gasteiger partial charge in [-0.05, 0) is 60.9 Å². The number of anilines is 3. The number of amides is 3. The number of carbonyl (C=O) groups is 2. The summed E-state index contributed by atoms with van der Waals surface area (Å²) in [7, 11) is 0. The van der Waals surface area contributed by atoms with Crippen LogP contribution >= 0.6 is 11.6 Å². The van der Waals surface area contributed by atoms with Gasteiger partial charge in [-0.3, -0.25) is 9.78 Å². The minimum absolute atomic E-state index is 0.115. The highest BCUT2D eigenvalue weighted by Gasteiger charge is 2.31. The van der Waals surface area contributed by atoms with Gasteiger partial charge in [0, 0.05) is 47.8 Å². The van der Waals surface area contributed by atoms with Gasteiger partial charge in [-0.2, -0.15) is 0 Å². The van der Waals surface area contributed by atoms with Gasteiger partial charge < -0.3 is 25.2 Å². The van der Waals surface area contributed by atoms with Crippen molar-refractivity contribution in [3.63, 3.8) is 0 Å². The molecule has 1 atom stereocenters. The molecule has 0 spiro atoms. The van der Waals surface area contributed by atoms with Crippen LogP contribution in [0.15, 0.2) is 67.0 Å². The molecule has 186 valence electrons. The maximum Gasteiger partial charge on any atom is 0.319 e. The fourth-order valence-electron chi connectivity index (χ4n) is 4.54. The zero-order valence-corrected chi connectivity index (χ0v) is 20.6. The van der Waals surface area contributed by atoms with E-state index in [4.69, 9.17) is 16.3 Å². The lowest BCUT2D eigenvalue weighted by atomic mass is 10.0. The summed E-state index contributed by atoms with van der Waals surface area (Å²) < 4.78 is 5.45. The number of piperidine rings is 1. The molecule has 8 nitrogen and oxygen atoms in total. The van der Waals surface area contributed by atoms with Crippen LogP contribution in [0.4, 0.5) is 21.9 Å². The number of benzene rings is 2. The standard InChI is InChI=1S/C27H28ClN5O3/c28-21-5-7-22(8-6-21)30-27(35)31-25-2-1-11-33(26(25)34)23-9-3-19(4-10-23)20-16-24(18-29-17-20)32-12-14-36-15-13-32/h3-10,16-18,25H,1-2,11-15H2,(H2,30,31,35)/t25-/m1/s1. The Kier molecular flexibility index (Phi) is 7.34. The van der Waals surface area contributed by atoms with Crippen LogP contribution in [0, 0.1) is 0 Å². The Balaban J connectivity index is 1.24. The molecule has 36 heavy (non-hydrogen) atoms. The Morgan fingerprint density at radius 2 is 1.69 bits per heavy atom. The number of nitrogens with zero attached hydrogens (tertiary/aromatic N) is 3. The second kappa shape index (κ2) is 11.0. The van der Waals surface area contributed by atoms with Gasteiger partial charge in [0.2, 0.25) is 5.91 Å². The molecular formula is C27H28ClN5O3. The Bertz CT molecular complexity index is 1210. The third-order valence-electron chi connectivity index (χ3n) is 6.46. The zero-order valence-electron chi connectivity index (χ0n) is 19.8. The van der Waals surface area contributed by atoms with Crippen molar-refractivity contribution in [1.29, 1.82) is 0 Å². The van der Waals surface area contributed by atoms with Crippen molar-refractivity contribution in [2.45, 2.75) is 18.9 Å². The molecule has 0 saturated carbocycles. The molecule has 3 heterocycles. The van der Waals surface area contributed by atoms with Crippen LogP contribution in [-0.2, 0) is 9.53 Å². The van der Waals surface area contributed by atoms with Crippen LogP contribution in [0.3, 0.4) is 0 Å². The van der Waals surface area contributed by atoms with Gasteiger partial charge in [-0.25, -0.2) is 4.79 Å². The highest BCUT2D eigenvalue weighted by Crippen LogP contribution is 2.28. The highest BCUT2D eigenvalue weighted by molar-refractivity contribution is 6.30. The molecule has 2 saturated heterocycles. The Morgan fingerprint density at radius 3 is 2.44 bits per heavy atom. The second-order valence-electron chi connectivity index (χ2n) is 8.87. The summed E-state index contributed by atoms with van der Waals surface area (Å²) in [4.78, 5) is 34.1. The number of rotatable bonds is 5. The summed E-state index contributed by atoms with van der Waals surface area (Å²) in [6, 6.07) is 15.9. The summed E-state index contributed by atoms with van der Waals surface area (Å²) in [5.74, 6) is -0.115. The normalized spacial score (nSPS) is 18.1. The van der Waals surface area contributed by atoms with Crippen molar-refractivity contribution in [3.8, 4) is 11.1 Å². The van der Waals surface area contributed by atoms with Gasteiger partial charge >= 0.3 is 6.03 Å². The topological polar surface area (TPSA) is 86.8 Å². The molecule has 0 unspecified atom stereocenters. The summed E-state index contributed by atoms with van der Waals surface area (Å²) in [5.41, 5.74) is 4.55. The first-order chi connectivity index (χ1) is 17.6. The minimum atomic E-state index is -0.583. The van der Waals surface area contributed by atoms with E-state index in [-0.39, 0.29) is 5.91 Å². The number of aromatic nitrogens is 1. The van der Waals surface area contributed by atoms with Gasteiger partial charge in [-0.1, -0.05) is 23.7 Å². The van der Waals surface area contributed by atoms with Crippen LogP contribution in [0.5, 0.6) is 0 Å². The Morgan fingerprint density at radius 1 is 0.944 bits per heavy atom. The van der Waals surface area contributed by atoms with Crippen molar-refractivity contribution in [2.75, 3.05) is 48.0 Å². The average Bonchev–Trinajstić information content (AvgIpc) is 2.92. The monoisotopic (exact) mass is 505 g/mol.